The van der Waals surface area contributed by atoms with Crippen molar-refractivity contribution >= 4 is 10.0 Å². The molecule has 0 saturated carbocycles. The minimum Gasteiger partial charge on any atom is -0.494 e. The number of hydrogen-bond acceptors (Lipinski definition) is 4. The highest BCUT2D eigenvalue weighted by atomic mass is 32.2. The van der Waals surface area contributed by atoms with Crippen molar-refractivity contribution in [3.8, 4) is 5.75 Å². The molecule has 0 fully saturated rings. The molecule has 7 heteroatoms. The van der Waals surface area contributed by atoms with E-state index in [2.05, 4.69) is 9.71 Å². The van der Waals surface area contributed by atoms with Gasteiger partial charge in [-0.05, 0) is 42.3 Å². The first-order valence-corrected chi connectivity index (χ1v) is 9.81. The highest BCUT2D eigenvalue weighted by molar-refractivity contribution is 7.89. The second kappa shape index (κ2) is 8.16. The van der Waals surface area contributed by atoms with Crippen LogP contribution in [0.2, 0.25) is 0 Å². The standard InChI is InChI=1S/C19H21N3O3S/c1-2-25-18-7-9-19(10-8-18)26(23,24)21-13-16-3-5-17(6-4-16)14-22-12-11-20-15-22/h3-12,15,21H,2,13-14H2,1H3. The summed E-state index contributed by atoms with van der Waals surface area (Å²) in [4.78, 5) is 4.24. The molecule has 0 aliphatic heterocycles. The number of nitrogens with one attached hydrogen (secondary N) is 1. The van der Waals surface area contributed by atoms with Crippen molar-refractivity contribution in [3.63, 3.8) is 0 Å². The molecular weight excluding hydrogens is 350 g/mol. The van der Waals surface area contributed by atoms with Crippen LogP contribution >= 0.6 is 0 Å². The molecule has 0 radical (unpaired) electrons. The molecule has 0 spiro atoms. The molecule has 1 aromatic heterocycles. The molecule has 1 N–H and O–H groups in total. The predicted molar refractivity (Wildman–Crippen MR) is 99.4 cm³/mol. The minimum absolute atomic E-state index is 0.220. The van der Waals surface area contributed by atoms with Gasteiger partial charge in [0.2, 0.25) is 10.0 Å². The predicted octanol–water partition coefficient (Wildman–Crippen LogP) is 2.81. The van der Waals surface area contributed by atoms with Crippen LogP contribution < -0.4 is 9.46 Å². The maximum atomic E-state index is 12.4. The summed E-state index contributed by atoms with van der Waals surface area (Å²) < 4.78 is 34.7. The van der Waals surface area contributed by atoms with Gasteiger partial charge in [0.15, 0.2) is 0 Å². The van der Waals surface area contributed by atoms with E-state index in [1.54, 1.807) is 36.8 Å². The SMILES string of the molecule is CCOc1ccc(S(=O)(=O)NCc2ccc(Cn3ccnc3)cc2)cc1. The van der Waals surface area contributed by atoms with Gasteiger partial charge in [-0.3, -0.25) is 0 Å². The van der Waals surface area contributed by atoms with Gasteiger partial charge in [-0.2, -0.15) is 0 Å². The van der Waals surface area contributed by atoms with E-state index in [-0.39, 0.29) is 11.4 Å². The average Bonchev–Trinajstić information content (AvgIpc) is 3.15. The molecule has 0 amide bonds. The van der Waals surface area contributed by atoms with Crippen molar-refractivity contribution in [2.45, 2.75) is 24.9 Å². The molecule has 3 rings (SSSR count). The second-order valence-electron chi connectivity index (χ2n) is 5.78. The Morgan fingerprint density at radius 3 is 2.35 bits per heavy atom. The maximum absolute atomic E-state index is 12.4. The van der Waals surface area contributed by atoms with Crippen LogP contribution in [0.3, 0.4) is 0 Å². The highest BCUT2D eigenvalue weighted by Gasteiger charge is 2.13. The van der Waals surface area contributed by atoms with E-state index in [0.29, 0.717) is 12.4 Å². The van der Waals surface area contributed by atoms with Crippen molar-refractivity contribution in [2.75, 3.05) is 6.61 Å². The van der Waals surface area contributed by atoms with E-state index in [4.69, 9.17) is 4.74 Å². The molecule has 136 valence electrons. The Morgan fingerprint density at radius 1 is 1.04 bits per heavy atom. The van der Waals surface area contributed by atoms with E-state index >= 15 is 0 Å². The van der Waals surface area contributed by atoms with Gasteiger partial charge in [-0.25, -0.2) is 18.1 Å². The molecule has 26 heavy (non-hydrogen) atoms. The highest BCUT2D eigenvalue weighted by Crippen LogP contribution is 2.16. The molecule has 2 aromatic carbocycles. The van der Waals surface area contributed by atoms with Gasteiger partial charge in [-0.15, -0.1) is 0 Å². The fraction of sp³-hybridized carbons (Fsp3) is 0.211. The lowest BCUT2D eigenvalue weighted by atomic mass is 10.1. The lowest BCUT2D eigenvalue weighted by Gasteiger charge is -2.09. The summed E-state index contributed by atoms with van der Waals surface area (Å²) in [6.07, 6.45) is 5.40. The first-order chi connectivity index (χ1) is 12.6. The zero-order valence-electron chi connectivity index (χ0n) is 14.5. The van der Waals surface area contributed by atoms with Gasteiger partial charge in [0, 0.05) is 25.5 Å². The van der Waals surface area contributed by atoms with E-state index < -0.39 is 10.0 Å². The molecular formula is C19H21N3O3S. The van der Waals surface area contributed by atoms with Crippen LogP contribution in [0, 0.1) is 0 Å². The van der Waals surface area contributed by atoms with Crippen molar-refractivity contribution < 1.29 is 13.2 Å². The first-order valence-electron chi connectivity index (χ1n) is 8.33. The van der Waals surface area contributed by atoms with Gasteiger partial charge in [0.05, 0.1) is 17.8 Å². The molecule has 3 aromatic rings. The number of hydrogen-bond donors (Lipinski definition) is 1. The number of ether oxygens (including phenoxy) is 1. The largest absolute Gasteiger partial charge is 0.494 e. The third-order valence-electron chi connectivity index (χ3n) is 3.86. The van der Waals surface area contributed by atoms with Crippen LogP contribution in [-0.2, 0) is 23.1 Å². The summed E-state index contributed by atoms with van der Waals surface area (Å²) >= 11 is 0. The molecule has 0 aliphatic carbocycles. The smallest absolute Gasteiger partial charge is 0.240 e. The molecule has 6 nitrogen and oxygen atoms in total. The van der Waals surface area contributed by atoms with Crippen LogP contribution in [0.4, 0.5) is 0 Å². The van der Waals surface area contributed by atoms with E-state index in [9.17, 15) is 8.42 Å². The zero-order valence-corrected chi connectivity index (χ0v) is 15.3. The Balaban J connectivity index is 1.60. The summed E-state index contributed by atoms with van der Waals surface area (Å²) in [6.45, 7) is 3.40. The van der Waals surface area contributed by atoms with Gasteiger partial charge in [0.1, 0.15) is 5.75 Å². The number of aromatic nitrogens is 2. The molecule has 0 atom stereocenters. The first kappa shape index (κ1) is 18.2. The molecule has 0 saturated heterocycles. The van der Waals surface area contributed by atoms with Crippen LogP contribution in [0.1, 0.15) is 18.1 Å². The van der Waals surface area contributed by atoms with E-state index in [0.717, 1.165) is 17.7 Å². The monoisotopic (exact) mass is 371 g/mol. The number of imidazole rings is 1. The van der Waals surface area contributed by atoms with E-state index in [1.165, 1.54) is 0 Å². The van der Waals surface area contributed by atoms with Gasteiger partial charge >= 0.3 is 0 Å². The van der Waals surface area contributed by atoms with Crippen molar-refractivity contribution in [1.29, 1.82) is 0 Å². The van der Waals surface area contributed by atoms with Gasteiger partial charge < -0.3 is 9.30 Å². The van der Waals surface area contributed by atoms with Crippen LogP contribution in [0.25, 0.3) is 0 Å². The lowest BCUT2D eigenvalue weighted by Crippen LogP contribution is -2.23. The fourth-order valence-corrected chi connectivity index (χ4v) is 3.51. The second-order valence-corrected chi connectivity index (χ2v) is 7.55. The van der Waals surface area contributed by atoms with Crippen molar-refractivity contribution in [3.05, 3.63) is 78.4 Å². The van der Waals surface area contributed by atoms with Crippen molar-refractivity contribution in [1.82, 2.24) is 14.3 Å². The normalized spacial score (nSPS) is 11.4. The summed E-state index contributed by atoms with van der Waals surface area (Å²) in [5, 5.41) is 0. The topological polar surface area (TPSA) is 73.2 Å². The number of nitrogens with zero attached hydrogens (tertiary/aromatic N) is 2. The summed E-state index contributed by atoms with van der Waals surface area (Å²) in [7, 11) is -3.56. The van der Waals surface area contributed by atoms with Gasteiger partial charge in [-0.1, -0.05) is 24.3 Å². The van der Waals surface area contributed by atoms with Crippen LogP contribution in [0.5, 0.6) is 5.75 Å². The Labute approximate surface area is 153 Å². The fourth-order valence-electron chi connectivity index (χ4n) is 2.50. The summed E-state index contributed by atoms with van der Waals surface area (Å²) in [5.74, 6) is 0.653. The molecule has 0 unspecified atom stereocenters. The Hall–Kier alpha value is -2.64. The third-order valence-corrected chi connectivity index (χ3v) is 5.28. The Bertz CT molecular complexity index is 919. The lowest BCUT2D eigenvalue weighted by molar-refractivity contribution is 0.340. The minimum atomic E-state index is -3.56. The molecule has 1 heterocycles. The summed E-state index contributed by atoms with van der Waals surface area (Å²) in [5.41, 5.74) is 2.02. The quantitative estimate of drug-likeness (QED) is 0.661. The van der Waals surface area contributed by atoms with Crippen molar-refractivity contribution in [2.24, 2.45) is 0 Å². The Morgan fingerprint density at radius 2 is 1.73 bits per heavy atom. The molecule has 0 aliphatic rings. The average molecular weight is 371 g/mol. The summed E-state index contributed by atoms with van der Waals surface area (Å²) in [6, 6.07) is 14.2. The van der Waals surface area contributed by atoms with Gasteiger partial charge in [0.25, 0.3) is 0 Å². The van der Waals surface area contributed by atoms with Crippen LogP contribution in [-0.4, -0.2) is 24.6 Å². The van der Waals surface area contributed by atoms with Crippen LogP contribution in [0.15, 0.2) is 72.1 Å². The Kier molecular flexibility index (Phi) is 5.70. The van der Waals surface area contributed by atoms with E-state index in [1.807, 2.05) is 42.0 Å². The zero-order chi connectivity index (χ0) is 18.4. The number of sulfonamides is 1. The third kappa shape index (κ3) is 4.71. The molecule has 0 bridgehead atoms. The number of benzene rings is 2. The maximum Gasteiger partial charge on any atom is 0.240 e. The number of rotatable bonds is 8.